The van der Waals surface area contributed by atoms with E-state index in [1.54, 1.807) is 54.6 Å². The van der Waals surface area contributed by atoms with Gasteiger partial charge in [0, 0.05) is 5.56 Å². The first-order chi connectivity index (χ1) is 15.9. The van der Waals surface area contributed by atoms with Crippen LogP contribution in [0.4, 0.5) is 4.39 Å². The van der Waals surface area contributed by atoms with E-state index in [9.17, 15) is 19.1 Å². The summed E-state index contributed by atoms with van der Waals surface area (Å²) in [5.74, 6) is -1.35. The van der Waals surface area contributed by atoms with Crippen molar-refractivity contribution in [1.29, 1.82) is 0 Å². The molecule has 1 amide bonds. The Labute approximate surface area is 198 Å². The predicted octanol–water partition coefficient (Wildman–Crippen LogP) is 5.42. The van der Waals surface area contributed by atoms with Gasteiger partial charge in [0.25, 0.3) is 5.91 Å². The van der Waals surface area contributed by atoms with Crippen LogP contribution in [0.5, 0.6) is 11.5 Å². The Balaban J connectivity index is 1.86. The fraction of sp³-hybridized carbons (Fsp3) is 0.120. The van der Waals surface area contributed by atoms with Crippen LogP contribution in [0.3, 0.4) is 0 Å². The summed E-state index contributed by atoms with van der Waals surface area (Å²) in [5.41, 5.74) is 1.29. The number of hydrogen-bond acceptors (Lipinski definition) is 4. The van der Waals surface area contributed by atoms with Gasteiger partial charge in [-0.1, -0.05) is 30.3 Å². The number of hydrogen-bond donors (Lipinski definition) is 2. The van der Waals surface area contributed by atoms with Crippen LogP contribution in [-0.2, 0) is 11.4 Å². The molecular formula is C25H21BrFNO5. The number of rotatable bonds is 9. The summed E-state index contributed by atoms with van der Waals surface area (Å²) in [5, 5.41) is 12.0. The van der Waals surface area contributed by atoms with E-state index in [1.807, 2.05) is 6.92 Å². The van der Waals surface area contributed by atoms with Crippen LogP contribution < -0.4 is 14.8 Å². The third kappa shape index (κ3) is 6.66. The summed E-state index contributed by atoms with van der Waals surface area (Å²) < 4.78 is 25.2. The Hall–Kier alpha value is -3.65. The molecule has 0 aromatic heterocycles. The highest BCUT2D eigenvalue weighted by atomic mass is 79.9. The molecule has 0 aliphatic carbocycles. The van der Waals surface area contributed by atoms with Gasteiger partial charge in [0.2, 0.25) is 0 Å². The molecule has 170 valence electrons. The van der Waals surface area contributed by atoms with Crippen molar-refractivity contribution in [3.63, 3.8) is 0 Å². The molecule has 0 heterocycles. The van der Waals surface area contributed by atoms with E-state index in [2.05, 4.69) is 21.2 Å². The molecule has 3 aromatic rings. The Bertz CT molecular complexity index is 1160. The second kappa shape index (κ2) is 11.3. The molecule has 6 nitrogen and oxygen atoms in total. The summed E-state index contributed by atoms with van der Waals surface area (Å²) in [7, 11) is 0. The second-order valence-electron chi connectivity index (χ2n) is 6.86. The van der Waals surface area contributed by atoms with E-state index in [-0.39, 0.29) is 18.1 Å². The second-order valence-corrected chi connectivity index (χ2v) is 7.72. The number of carboxylic acid groups (broad SMARTS) is 1. The first-order valence-electron chi connectivity index (χ1n) is 10.0. The molecule has 0 aliphatic heterocycles. The molecular weight excluding hydrogens is 493 g/mol. The van der Waals surface area contributed by atoms with Gasteiger partial charge in [-0.2, -0.15) is 0 Å². The lowest BCUT2D eigenvalue weighted by molar-refractivity contribution is -0.132. The largest absolute Gasteiger partial charge is 0.490 e. The lowest BCUT2D eigenvalue weighted by atomic mass is 10.1. The van der Waals surface area contributed by atoms with Crippen molar-refractivity contribution in [3.8, 4) is 11.5 Å². The van der Waals surface area contributed by atoms with Crippen molar-refractivity contribution in [2.45, 2.75) is 13.5 Å². The first-order valence-corrected chi connectivity index (χ1v) is 10.8. The molecule has 2 N–H and O–H groups in total. The number of carbonyl (C=O) groups excluding carboxylic acids is 1. The SMILES string of the molecule is CCOc1cc(C=C(NC(=O)c2ccccc2)C(=O)O)cc(Br)c1OCc1ccc(F)cc1. The van der Waals surface area contributed by atoms with Gasteiger partial charge in [-0.05, 0) is 76.5 Å². The Kier molecular flexibility index (Phi) is 8.21. The van der Waals surface area contributed by atoms with Crippen LogP contribution in [0, 0.1) is 5.82 Å². The Morgan fingerprint density at radius 1 is 1.06 bits per heavy atom. The number of carbonyl (C=O) groups is 2. The van der Waals surface area contributed by atoms with E-state index in [0.29, 0.717) is 33.7 Å². The summed E-state index contributed by atoms with van der Waals surface area (Å²) in [6.07, 6.45) is 1.33. The van der Waals surface area contributed by atoms with Gasteiger partial charge >= 0.3 is 5.97 Å². The monoisotopic (exact) mass is 513 g/mol. The number of carboxylic acids is 1. The summed E-state index contributed by atoms with van der Waals surface area (Å²) in [6.45, 7) is 2.34. The van der Waals surface area contributed by atoms with Crippen molar-refractivity contribution in [2.75, 3.05) is 6.61 Å². The highest BCUT2D eigenvalue weighted by Crippen LogP contribution is 2.38. The molecule has 0 atom stereocenters. The Morgan fingerprint density at radius 2 is 1.76 bits per heavy atom. The number of amides is 1. The summed E-state index contributed by atoms with van der Waals surface area (Å²) in [6, 6.07) is 17.5. The van der Waals surface area contributed by atoms with E-state index in [0.717, 1.165) is 5.56 Å². The number of benzene rings is 3. The van der Waals surface area contributed by atoms with E-state index < -0.39 is 11.9 Å². The van der Waals surface area contributed by atoms with Gasteiger partial charge in [0.1, 0.15) is 18.1 Å². The number of nitrogens with one attached hydrogen (secondary N) is 1. The van der Waals surface area contributed by atoms with E-state index in [1.165, 1.54) is 18.2 Å². The van der Waals surface area contributed by atoms with Crippen LogP contribution in [0.2, 0.25) is 0 Å². The maximum absolute atomic E-state index is 13.1. The zero-order chi connectivity index (χ0) is 23.8. The van der Waals surface area contributed by atoms with Crippen molar-refractivity contribution in [2.24, 2.45) is 0 Å². The molecule has 0 spiro atoms. The van der Waals surface area contributed by atoms with Crippen LogP contribution in [0.1, 0.15) is 28.4 Å². The third-order valence-electron chi connectivity index (χ3n) is 4.45. The molecule has 3 aromatic carbocycles. The molecule has 0 aliphatic rings. The quantitative estimate of drug-likeness (QED) is 0.373. The van der Waals surface area contributed by atoms with Crippen LogP contribution in [0.25, 0.3) is 6.08 Å². The van der Waals surface area contributed by atoms with Gasteiger partial charge in [-0.3, -0.25) is 4.79 Å². The highest BCUT2D eigenvalue weighted by Gasteiger charge is 2.16. The fourth-order valence-electron chi connectivity index (χ4n) is 2.91. The summed E-state index contributed by atoms with van der Waals surface area (Å²) >= 11 is 3.44. The van der Waals surface area contributed by atoms with Gasteiger partial charge in [0.05, 0.1) is 11.1 Å². The molecule has 0 saturated heterocycles. The molecule has 0 radical (unpaired) electrons. The van der Waals surface area contributed by atoms with Crippen LogP contribution in [-0.4, -0.2) is 23.6 Å². The van der Waals surface area contributed by atoms with Gasteiger partial charge in [0.15, 0.2) is 11.5 Å². The lowest BCUT2D eigenvalue weighted by Crippen LogP contribution is -2.27. The van der Waals surface area contributed by atoms with Crippen molar-refractivity contribution in [3.05, 3.63) is 99.4 Å². The predicted molar refractivity (Wildman–Crippen MR) is 126 cm³/mol. The molecule has 33 heavy (non-hydrogen) atoms. The maximum Gasteiger partial charge on any atom is 0.352 e. The lowest BCUT2D eigenvalue weighted by Gasteiger charge is -2.15. The minimum absolute atomic E-state index is 0.182. The third-order valence-corrected chi connectivity index (χ3v) is 5.04. The number of aliphatic carboxylic acids is 1. The zero-order valence-electron chi connectivity index (χ0n) is 17.7. The van der Waals surface area contributed by atoms with Gasteiger partial charge in [-0.15, -0.1) is 0 Å². The minimum atomic E-state index is -1.29. The van der Waals surface area contributed by atoms with Gasteiger partial charge in [-0.25, -0.2) is 9.18 Å². The van der Waals surface area contributed by atoms with Crippen molar-refractivity contribution >= 4 is 33.9 Å². The molecule has 0 fully saturated rings. The van der Waals surface area contributed by atoms with Crippen molar-refractivity contribution < 1.29 is 28.6 Å². The molecule has 0 saturated carbocycles. The van der Waals surface area contributed by atoms with E-state index in [4.69, 9.17) is 9.47 Å². The molecule has 8 heteroatoms. The summed E-state index contributed by atoms with van der Waals surface area (Å²) in [4.78, 5) is 24.1. The minimum Gasteiger partial charge on any atom is -0.490 e. The Morgan fingerprint density at radius 3 is 2.39 bits per heavy atom. The average Bonchev–Trinajstić information content (AvgIpc) is 2.80. The topological polar surface area (TPSA) is 84.9 Å². The molecule has 0 unspecified atom stereocenters. The normalized spacial score (nSPS) is 11.1. The van der Waals surface area contributed by atoms with Gasteiger partial charge < -0.3 is 19.9 Å². The average molecular weight is 514 g/mol. The van der Waals surface area contributed by atoms with Crippen LogP contribution >= 0.6 is 15.9 Å². The van der Waals surface area contributed by atoms with E-state index >= 15 is 0 Å². The van der Waals surface area contributed by atoms with Crippen LogP contribution in [0.15, 0.2) is 76.9 Å². The number of halogens is 2. The molecule has 3 rings (SSSR count). The molecule has 0 bridgehead atoms. The standard InChI is InChI=1S/C25H21BrFNO5/c1-2-32-22-14-17(12-20(26)23(22)33-15-16-8-10-19(27)11-9-16)13-21(25(30)31)28-24(29)18-6-4-3-5-7-18/h3-14H,2,15H2,1H3,(H,28,29)(H,30,31). The fourth-order valence-corrected chi connectivity index (χ4v) is 3.49. The number of ether oxygens (including phenoxy) is 2. The van der Waals surface area contributed by atoms with Crippen molar-refractivity contribution in [1.82, 2.24) is 5.32 Å². The highest BCUT2D eigenvalue weighted by molar-refractivity contribution is 9.10. The maximum atomic E-state index is 13.1. The smallest absolute Gasteiger partial charge is 0.352 e. The first kappa shape index (κ1) is 24.0. The zero-order valence-corrected chi connectivity index (χ0v) is 19.3.